The summed E-state index contributed by atoms with van der Waals surface area (Å²) >= 11 is 0. The highest BCUT2D eigenvalue weighted by Crippen LogP contribution is 2.19. The molecule has 1 aliphatic rings. The molecule has 8 nitrogen and oxygen atoms in total. The molecule has 2 atom stereocenters. The van der Waals surface area contributed by atoms with Crippen molar-refractivity contribution in [3.63, 3.8) is 0 Å². The lowest BCUT2D eigenvalue weighted by atomic mass is 10.1. The highest BCUT2D eigenvalue weighted by Gasteiger charge is 2.43. The molecule has 0 saturated carbocycles. The van der Waals surface area contributed by atoms with Gasteiger partial charge in [0.25, 0.3) is 16.0 Å². The van der Waals surface area contributed by atoms with Crippen molar-refractivity contribution in [2.24, 2.45) is 4.99 Å². The summed E-state index contributed by atoms with van der Waals surface area (Å²) in [6, 6.07) is 0. The Morgan fingerprint density at radius 3 is 2.14 bits per heavy atom. The van der Waals surface area contributed by atoms with Crippen LogP contribution in [-0.4, -0.2) is 83.9 Å². The fourth-order valence-corrected chi connectivity index (χ4v) is 5.41. The van der Waals surface area contributed by atoms with Gasteiger partial charge < -0.3 is 10.2 Å². The van der Waals surface area contributed by atoms with Crippen LogP contribution in [0.4, 0.5) is 0 Å². The third kappa shape index (κ3) is 14.3. The quantitative estimate of drug-likeness (QED) is 0.0861. The van der Waals surface area contributed by atoms with Crippen molar-refractivity contribution in [2.45, 2.75) is 103 Å². The molecular formula is C26H49N2O6S+. The van der Waals surface area contributed by atoms with Gasteiger partial charge in [-0.3, -0.25) is 13.8 Å². The van der Waals surface area contributed by atoms with Crippen molar-refractivity contribution in [1.82, 2.24) is 0 Å². The molecule has 0 aromatic carbocycles. The minimum Gasteiger partial charge on any atom is -0.390 e. The van der Waals surface area contributed by atoms with Crippen molar-refractivity contribution in [3.8, 4) is 0 Å². The van der Waals surface area contributed by atoms with Crippen LogP contribution in [-0.2, 0) is 14.9 Å². The number of allylic oxidation sites excluding steroid dienone is 2. The van der Waals surface area contributed by atoms with Crippen LogP contribution in [0.3, 0.4) is 0 Å². The molecule has 2 unspecified atom stereocenters. The second-order valence-corrected chi connectivity index (χ2v) is 11.4. The lowest BCUT2D eigenvalue weighted by Crippen LogP contribution is -2.59. The van der Waals surface area contributed by atoms with Gasteiger partial charge in [-0.1, -0.05) is 83.3 Å². The van der Waals surface area contributed by atoms with Gasteiger partial charge in [0.2, 0.25) is 5.78 Å². The number of aliphatic imine (C=N–C) groups is 1. The first-order chi connectivity index (χ1) is 16.7. The Balaban J connectivity index is 2.27. The Morgan fingerprint density at radius 2 is 1.57 bits per heavy atom. The zero-order valence-electron chi connectivity index (χ0n) is 21.7. The van der Waals surface area contributed by atoms with Gasteiger partial charge in [-0.2, -0.15) is 8.42 Å². The van der Waals surface area contributed by atoms with E-state index in [-0.39, 0.29) is 42.2 Å². The molecule has 0 radical (unpaired) electrons. The van der Waals surface area contributed by atoms with Crippen molar-refractivity contribution in [1.29, 1.82) is 0 Å². The molecule has 0 aliphatic carbocycles. The van der Waals surface area contributed by atoms with E-state index in [1.807, 2.05) is 6.08 Å². The van der Waals surface area contributed by atoms with E-state index >= 15 is 0 Å². The summed E-state index contributed by atoms with van der Waals surface area (Å²) in [5, 5.41) is 19.7. The molecular weight excluding hydrogens is 468 g/mol. The topological polar surface area (TPSA) is 124 Å². The van der Waals surface area contributed by atoms with E-state index in [0.717, 1.165) is 12.8 Å². The van der Waals surface area contributed by atoms with E-state index in [1.165, 1.54) is 64.2 Å². The highest BCUT2D eigenvalue weighted by atomic mass is 32.2. The van der Waals surface area contributed by atoms with E-state index in [4.69, 9.17) is 4.55 Å². The first kappa shape index (κ1) is 31.9. The van der Waals surface area contributed by atoms with Crippen molar-refractivity contribution < 1.29 is 32.5 Å². The first-order valence-electron chi connectivity index (χ1n) is 13.6. The number of amidine groups is 1. The van der Waals surface area contributed by atoms with Crippen LogP contribution in [0.25, 0.3) is 0 Å². The molecule has 9 heteroatoms. The summed E-state index contributed by atoms with van der Waals surface area (Å²) in [6.07, 6.45) is 19.2. The lowest BCUT2D eigenvalue weighted by molar-refractivity contribution is -0.837. The van der Waals surface area contributed by atoms with Crippen LogP contribution in [0, 0.1) is 0 Å². The zero-order valence-corrected chi connectivity index (χ0v) is 22.6. The second kappa shape index (κ2) is 18.2. The minimum atomic E-state index is -4.34. The number of aliphatic hydroxyl groups is 2. The summed E-state index contributed by atoms with van der Waals surface area (Å²) in [7, 11) is -4.34. The molecule has 1 heterocycles. The van der Waals surface area contributed by atoms with Gasteiger partial charge in [-0.05, 0) is 19.3 Å². The van der Waals surface area contributed by atoms with Gasteiger partial charge in [0, 0.05) is 6.42 Å². The number of Topliss-reactive ketones (excluding diaryl/α,β-unsaturated/α-hetero) is 1. The van der Waals surface area contributed by atoms with E-state index in [0.29, 0.717) is 19.5 Å². The normalized spacial score (nSPS) is 19.4. The van der Waals surface area contributed by atoms with Gasteiger partial charge in [-0.25, -0.2) is 4.99 Å². The predicted molar refractivity (Wildman–Crippen MR) is 141 cm³/mol. The minimum absolute atomic E-state index is 0.0471. The van der Waals surface area contributed by atoms with Crippen LogP contribution < -0.4 is 0 Å². The molecule has 3 N–H and O–H groups in total. The van der Waals surface area contributed by atoms with Crippen molar-refractivity contribution >= 4 is 21.7 Å². The largest absolute Gasteiger partial charge is 0.390 e. The summed E-state index contributed by atoms with van der Waals surface area (Å²) in [4.78, 5) is 17.2. The molecule has 0 amide bonds. The summed E-state index contributed by atoms with van der Waals surface area (Å²) in [5.74, 6) is -0.664. The number of aliphatic hydroxyl groups excluding tert-OH is 2. The zero-order chi connectivity index (χ0) is 26.0. The summed E-state index contributed by atoms with van der Waals surface area (Å²) in [5.41, 5.74) is 0. The van der Waals surface area contributed by atoms with Gasteiger partial charge in [-0.15, -0.1) is 0 Å². The van der Waals surface area contributed by atoms with Crippen LogP contribution >= 0.6 is 0 Å². The van der Waals surface area contributed by atoms with Crippen LogP contribution in [0.1, 0.15) is 96.8 Å². The molecule has 0 aromatic rings. The maximum atomic E-state index is 12.8. The third-order valence-electron chi connectivity index (χ3n) is 6.66. The Bertz CT molecular complexity index is 753. The Hall–Kier alpha value is -1.13. The maximum Gasteiger partial charge on any atom is 0.267 e. The van der Waals surface area contributed by atoms with E-state index in [1.54, 1.807) is 0 Å². The summed E-state index contributed by atoms with van der Waals surface area (Å²) in [6.45, 7) is 2.91. The number of carbonyl (C=O) groups is 1. The van der Waals surface area contributed by atoms with E-state index in [2.05, 4.69) is 18.0 Å². The molecule has 35 heavy (non-hydrogen) atoms. The number of unbranched alkanes of at least 4 members (excludes halogenated alkanes) is 11. The van der Waals surface area contributed by atoms with Crippen LogP contribution in [0.15, 0.2) is 17.1 Å². The Labute approximate surface area is 212 Å². The van der Waals surface area contributed by atoms with E-state index in [9.17, 15) is 23.4 Å². The second-order valence-electron chi connectivity index (χ2n) is 9.86. The average molecular weight is 518 g/mol. The monoisotopic (exact) mass is 517 g/mol. The smallest absolute Gasteiger partial charge is 0.267 e. The molecule has 0 aromatic heterocycles. The number of ketones is 1. The van der Waals surface area contributed by atoms with Gasteiger partial charge in [0.05, 0.1) is 13.2 Å². The van der Waals surface area contributed by atoms with Crippen LogP contribution in [0.2, 0.25) is 0 Å². The molecule has 0 spiro atoms. The van der Waals surface area contributed by atoms with Crippen molar-refractivity contribution in [3.05, 3.63) is 12.2 Å². The highest BCUT2D eigenvalue weighted by molar-refractivity contribution is 7.85. The van der Waals surface area contributed by atoms with Gasteiger partial charge in [0.15, 0.2) is 0 Å². The molecule has 1 aliphatic heterocycles. The van der Waals surface area contributed by atoms with Crippen molar-refractivity contribution in [2.75, 3.05) is 38.5 Å². The van der Waals surface area contributed by atoms with Crippen LogP contribution in [0.5, 0.6) is 0 Å². The lowest BCUT2D eigenvalue weighted by Gasteiger charge is -2.34. The molecule has 0 saturated heterocycles. The number of quaternary nitrogens is 1. The number of nitrogens with zero attached hydrogens (tertiary/aromatic N) is 2. The fraction of sp³-hybridized carbons (Fsp3) is 0.846. The standard InChI is InChI=1S/C26H48N2O6S/c1-2-3-4-5-6-7-8-9-10-11-12-13-14-15-16-17-25(31)26-27-18-19-28(26,20-21-29)22-24(30)23-35(32,33)34/h14-15,24,29-30H,2-13,16-23H2,1H3/p+1/b15-14+. The number of rotatable bonds is 22. The Kier molecular flexibility index (Phi) is 16.6. The third-order valence-corrected chi connectivity index (χ3v) is 7.46. The number of hydrogen-bond donors (Lipinski definition) is 3. The van der Waals surface area contributed by atoms with E-state index < -0.39 is 22.0 Å². The SMILES string of the molecule is CCCCCCCCCCCCC/C=C/CCC(=O)C1=NCC[N+]1(CCO)CC(O)CS(=O)(=O)O. The number of hydrogen-bond acceptors (Lipinski definition) is 6. The molecule has 1 rings (SSSR count). The molecule has 0 bridgehead atoms. The first-order valence-corrected chi connectivity index (χ1v) is 15.2. The predicted octanol–water partition coefficient (Wildman–Crippen LogP) is 4.06. The fourth-order valence-electron chi connectivity index (χ4n) is 4.82. The van der Waals surface area contributed by atoms with Gasteiger partial charge >= 0.3 is 0 Å². The average Bonchev–Trinajstić information content (AvgIpc) is 3.18. The maximum absolute atomic E-state index is 12.8. The molecule has 0 fully saturated rings. The number of carbonyl (C=O) groups excluding carboxylic acids is 1. The Morgan fingerprint density at radius 1 is 1.00 bits per heavy atom. The summed E-state index contributed by atoms with van der Waals surface area (Å²) < 4.78 is 31.1. The molecule has 204 valence electrons. The van der Waals surface area contributed by atoms with Gasteiger partial charge in [0.1, 0.15) is 31.5 Å².